The summed E-state index contributed by atoms with van der Waals surface area (Å²) in [5.41, 5.74) is 0.914. The summed E-state index contributed by atoms with van der Waals surface area (Å²) in [6, 6.07) is 3.84. The van der Waals surface area contributed by atoms with Gasteiger partial charge in [0.05, 0.1) is 6.10 Å². The molecule has 114 valence electrons. The van der Waals surface area contributed by atoms with Crippen LogP contribution in [0.2, 0.25) is 0 Å². The van der Waals surface area contributed by atoms with E-state index < -0.39 is 6.10 Å². The van der Waals surface area contributed by atoms with Crippen LogP contribution in [0.4, 0.5) is 5.82 Å². The molecule has 0 aliphatic heterocycles. The van der Waals surface area contributed by atoms with Crippen LogP contribution < -0.4 is 4.90 Å². The zero-order chi connectivity index (χ0) is 15.0. The van der Waals surface area contributed by atoms with E-state index in [-0.39, 0.29) is 0 Å². The van der Waals surface area contributed by atoms with Gasteiger partial charge in [0.2, 0.25) is 0 Å². The molecule has 0 aliphatic carbocycles. The van der Waals surface area contributed by atoms with Crippen molar-refractivity contribution in [2.24, 2.45) is 0 Å². The average molecular weight is 279 g/mol. The monoisotopic (exact) mass is 279 g/mol. The van der Waals surface area contributed by atoms with Crippen molar-refractivity contribution in [3.8, 4) is 0 Å². The van der Waals surface area contributed by atoms with Crippen LogP contribution >= 0.6 is 0 Å². The van der Waals surface area contributed by atoms with E-state index in [0.717, 1.165) is 50.5 Å². The van der Waals surface area contributed by atoms with Crippen LogP contribution in [0.1, 0.15) is 45.8 Å². The van der Waals surface area contributed by atoms with Crippen LogP contribution in [0.5, 0.6) is 0 Å². The Morgan fingerprint density at radius 2 is 1.85 bits per heavy atom. The van der Waals surface area contributed by atoms with Crippen LogP contribution in [0, 0.1) is 0 Å². The van der Waals surface area contributed by atoms with Crippen LogP contribution in [-0.2, 0) is 0 Å². The largest absolute Gasteiger partial charge is 0.389 e. The Hall–Kier alpha value is -1.13. The van der Waals surface area contributed by atoms with Crippen molar-refractivity contribution < 1.29 is 5.11 Å². The second-order valence-corrected chi connectivity index (χ2v) is 5.05. The predicted octanol–water partition coefficient (Wildman–Crippen LogP) is 2.69. The SMILES string of the molecule is CCN(CC)CCCN(CC)c1ncccc1[C@H](C)O. The van der Waals surface area contributed by atoms with Gasteiger partial charge in [0.15, 0.2) is 0 Å². The number of hydrogen-bond acceptors (Lipinski definition) is 4. The molecule has 1 rings (SSSR count). The minimum absolute atomic E-state index is 0.476. The van der Waals surface area contributed by atoms with Crippen molar-refractivity contribution in [2.45, 2.75) is 40.2 Å². The van der Waals surface area contributed by atoms with Gasteiger partial charge < -0.3 is 14.9 Å². The summed E-state index contributed by atoms with van der Waals surface area (Å²) >= 11 is 0. The standard InChI is InChI=1S/C16H29N3O/c1-5-18(6-2)12-9-13-19(7-3)16-15(14(4)20)10-8-11-17-16/h8,10-11,14,20H,5-7,9,12-13H2,1-4H3/t14-/m0/s1. The van der Waals surface area contributed by atoms with Crippen molar-refractivity contribution in [2.75, 3.05) is 37.6 Å². The third-order valence-corrected chi connectivity index (χ3v) is 3.75. The highest BCUT2D eigenvalue weighted by atomic mass is 16.3. The lowest BCUT2D eigenvalue weighted by atomic mass is 10.1. The lowest BCUT2D eigenvalue weighted by Gasteiger charge is -2.26. The summed E-state index contributed by atoms with van der Waals surface area (Å²) in [6.07, 6.45) is 2.44. The van der Waals surface area contributed by atoms with Gasteiger partial charge in [-0.2, -0.15) is 0 Å². The maximum absolute atomic E-state index is 9.86. The van der Waals surface area contributed by atoms with Gasteiger partial charge in [0.1, 0.15) is 5.82 Å². The first-order valence-electron chi connectivity index (χ1n) is 7.74. The summed E-state index contributed by atoms with van der Waals surface area (Å²) in [5.74, 6) is 0.921. The molecule has 1 atom stereocenters. The summed E-state index contributed by atoms with van der Waals surface area (Å²) in [6.45, 7) is 13.5. The van der Waals surface area contributed by atoms with Gasteiger partial charge >= 0.3 is 0 Å². The number of hydrogen-bond donors (Lipinski definition) is 1. The van der Waals surface area contributed by atoms with Crippen molar-refractivity contribution in [3.05, 3.63) is 23.9 Å². The highest BCUT2D eigenvalue weighted by Gasteiger charge is 2.14. The van der Waals surface area contributed by atoms with Crippen molar-refractivity contribution in [3.63, 3.8) is 0 Å². The molecule has 0 bridgehead atoms. The fraction of sp³-hybridized carbons (Fsp3) is 0.688. The third kappa shape index (κ3) is 4.76. The number of aliphatic hydroxyl groups is 1. The summed E-state index contributed by atoms with van der Waals surface area (Å²) in [4.78, 5) is 9.15. The Morgan fingerprint density at radius 1 is 1.15 bits per heavy atom. The Balaban J connectivity index is 2.67. The fourth-order valence-electron chi connectivity index (χ4n) is 2.44. The van der Waals surface area contributed by atoms with E-state index in [9.17, 15) is 5.11 Å². The van der Waals surface area contributed by atoms with E-state index in [1.807, 2.05) is 12.1 Å². The van der Waals surface area contributed by atoms with E-state index in [2.05, 4.69) is 35.6 Å². The summed E-state index contributed by atoms with van der Waals surface area (Å²) < 4.78 is 0. The van der Waals surface area contributed by atoms with E-state index in [1.165, 1.54) is 0 Å². The molecule has 1 aromatic heterocycles. The molecule has 20 heavy (non-hydrogen) atoms. The van der Waals surface area contributed by atoms with Gasteiger partial charge in [0.25, 0.3) is 0 Å². The molecule has 4 nitrogen and oxygen atoms in total. The van der Waals surface area contributed by atoms with E-state index in [0.29, 0.717) is 0 Å². The topological polar surface area (TPSA) is 39.6 Å². The zero-order valence-electron chi connectivity index (χ0n) is 13.3. The molecule has 0 saturated heterocycles. The number of nitrogens with zero attached hydrogens (tertiary/aromatic N) is 3. The number of pyridine rings is 1. The second-order valence-electron chi connectivity index (χ2n) is 5.05. The van der Waals surface area contributed by atoms with Gasteiger partial charge in [-0.25, -0.2) is 4.98 Å². The second kappa shape index (κ2) is 8.93. The minimum Gasteiger partial charge on any atom is -0.389 e. The van der Waals surface area contributed by atoms with Crippen molar-refractivity contribution in [1.82, 2.24) is 9.88 Å². The fourth-order valence-corrected chi connectivity index (χ4v) is 2.44. The van der Waals surface area contributed by atoms with E-state index in [1.54, 1.807) is 13.1 Å². The molecular weight excluding hydrogens is 250 g/mol. The van der Waals surface area contributed by atoms with Crippen LogP contribution in [0.25, 0.3) is 0 Å². The molecule has 1 aromatic rings. The Bertz CT molecular complexity index is 378. The predicted molar refractivity (Wildman–Crippen MR) is 85.2 cm³/mol. The average Bonchev–Trinajstić information content (AvgIpc) is 2.47. The number of aromatic nitrogens is 1. The molecule has 1 N–H and O–H groups in total. The Kier molecular flexibility index (Phi) is 7.55. The third-order valence-electron chi connectivity index (χ3n) is 3.75. The van der Waals surface area contributed by atoms with Gasteiger partial charge in [-0.05, 0) is 46.0 Å². The molecule has 1 heterocycles. The summed E-state index contributed by atoms with van der Waals surface area (Å²) in [7, 11) is 0. The van der Waals surface area contributed by atoms with Crippen LogP contribution in [-0.4, -0.2) is 47.7 Å². The molecule has 0 unspecified atom stereocenters. The van der Waals surface area contributed by atoms with E-state index >= 15 is 0 Å². The van der Waals surface area contributed by atoms with Gasteiger partial charge in [-0.3, -0.25) is 0 Å². The lowest BCUT2D eigenvalue weighted by molar-refractivity contribution is 0.199. The van der Waals surface area contributed by atoms with Crippen LogP contribution in [0.3, 0.4) is 0 Å². The zero-order valence-corrected chi connectivity index (χ0v) is 13.3. The van der Waals surface area contributed by atoms with Crippen molar-refractivity contribution in [1.29, 1.82) is 0 Å². The maximum atomic E-state index is 9.86. The first kappa shape index (κ1) is 16.9. The molecular formula is C16H29N3O. The number of rotatable bonds is 9. The highest BCUT2D eigenvalue weighted by molar-refractivity contribution is 5.47. The first-order chi connectivity index (χ1) is 9.63. The Labute approximate surface area is 123 Å². The molecule has 0 radical (unpaired) electrons. The number of anilines is 1. The van der Waals surface area contributed by atoms with Gasteiger partial charge in [0, 0.05) is 24.8 Å². The molecule has 0 amide bonds. The van der Waals surface area contributed by atoms with Gasteiger partial charge in [-0.1, -0.05) is 19.9 Å². The number of aliphatic hydroxyl groups excluding tert-OH is 1. The molecule has 4 heteroatoms. The quantitative estimate of drug-likeness (QED) is 0.754. The molecule has 0 aliphatic rings. The minimum atomic E-state index is -0.476. The Morgan fingerprint density at radius 3 is 2.40 bits per heavy atom. The smallest absolute Gasteiger partial charge is 0.134 e. The van der Waals surface area contributed by atoms with Crippen LogP contribution in [0.15, 0.2) is 18.3 Å². The first-order valence-corrected chi connectivity index (χ1v) is 7.74. The normalized spacial score (nSPS) is 12.7. The van der Waals surface area contributed by atoms with E-state index in [4.69, 9.17) is 0 Å². The maximum Gasteiger partial charge on any atom is 0.134 e. The lowest BCUT2D eigenvalue weighted by Crippen LogP contribution is -2.31. The summed E-state index contributed by atoms with van der Waals surface area (Å²) in [5, 5.41) is 9.86. The highest BCUT2D eigenvalue weighted by Crippen LogP contribution is 2.23. The molecule has 0 aromatic carbocycles. The molecule has 0 spiro atoms. The van der Waals surface area contributed by atoms with Gasteiger partial charge in [-0.15, -0.1) is 0 Å². The molecule has 0 fully saturated rings. The van der Waals surface area contributed by atoms with Crippen molar-refractivity contribution >= 4 is 5.82 Å². The molecule has 0 saturated carbocycles.